The SMILES string of the molecule is CN(CC(=O)O)C(=O)c1cccc(NC2=NS(=O)N=C2Nc2cccc(Cl)c2Cl)c1O. The van der Waals surface area contributed by atoms with Crippen molar-refractivity contribution < 1.29 is 24.0 Å². The summed E-state index contributed by atoms with van der Waals surface area (Å²) in [6.45, 7) is -0.539. The quantitative estimate of drug-likeness (QED) is 0.478. The van der Waals surface area contributed by atoms with Crippen LogP contribution in [0, 0.1) is 0 Å². The van der Waals surface area contributed by atoms with Gasteiger partial charge >= 0.3 is 5.97 Å². The topological polar surface area (TPSA) is 144 Å². The molecule has 4 N–H and O–H groups in total. The Balaban J connectivity index is 1.85. The molecule has 1 atom stereocenters. The van der Waals surface area contributed by atoms with Crippen molar-refractivity contribution in [3.63, 3.8) is 0 Å². The summed E-state index contributed by atoms with van der Waals surface area (Å²) in [6, 6.07) is 9.16. The number of carbonyl (C=O) groups excluding carboxylic acids is 1. The third-order valence-corrected chi connectivity index (χ3v) is 5.50. The molecule has 0 radical (unpaired) electrons. The van der Waals surface area contributed by atoms with E-state index in [9.17, 15) is 18.9 Å². The Morgan fingerprint density at radius 3 is 2.29 bits per heavy atom. The van der Waals surface area contributed by atoms with E-state index in [2.05, 4.69) is 19.4 Å². The molecular weight excluding hydrogens is 469 g/mol. The number of rotatable bonds is 5. The van der Waals surface area contributed by atoms with Crippen molar-refractivity contribution in [1.82, 2.24) is 4.90 Å². The smallest absolute Gasteiger partial charge is 0.323 e. The van der Waals surface area contributed by atoms with E-state index in [1.54, 1.807) is 18.2 Å². The van der Waals surface area contributed by atoms with Crippen molar-refractivity contribution in [1.29, 1.82) is 0 Å². The van der Waals surface area contributed by atoms with Gasteiger partial charge in [0.15, 0.2) is 17.4 Å². The number of anilines is 2. The summed E-state index contributed by atoms with van der Waals surface area (Å²) in [5.74, 6) is -2.24. The van der Waals surface area contributed by atoms with Gasteiger partial charge < -0.3 is 25.7 Å². The average molecular weight is 484 g/mol. The van der Waals surface area contributed by atoms with E-state index in [0.717, 1.165) is 4.90 Å². The number of phenols is 1. The molecule has 3 rings (SSSR count). The van der Waals surface area contributed by atoms with Crippen LogP contribution in [0.25, 0.3) is 0 Å². The number of nitrogens with one attached hydrogen (secondary N) is 2. The number of para-hydroxylation sites is 1. The minimum Gasteiger partial charge on any atom is -0.505 e. The number of carboxylic acid groups (broad SMARTS) is 1. The van der Waals surface area contributed by atoms with Crippen molar-refractivity contribution >= 4 is 69.3 Å². The van der Waals surface area contributed by atoms with Crippen molar-refractivity contribution in [3.8, 4) is 5.75 Å². The average Bonchev–Trinajstić information content (AvgIpc) is 3.04. The zero-order valence-electron chi connectivity index (χ0n) is 15.8. The van der Waals surface area contributed by atoms with Gasteiger partial charge in [-0.15, -0.1) is 8.80 Å². The molecule has 0 fully saturated rings. The van der Waals surface area contributed by atoms with Crippen LogP contribution in [-0.2, 0) is 16.0 Å². The summed E-state index contributed by atoms with van der Waals surface area (Å²) < 4.78 is 19.6. The lowest BCUT2D eigenvalue weighted by Crippen LogP contribution is -2.32. The number of benzene rings is 2. The van der Waals surface area contributed by atoms with E-state index in [-0.39, 0.29) is 27.9 Å². The Kier molecular flexibility index (Phi) is 6.78. The predicted molar refractivity (Wildman–Crippen MR) is 119 cm³/mol. The highest BCUT2D eigenvalue weighted by molar-refractivity contribution is 7.83. The van der Waals surface area contributed by atoms with E-state index in [0.29, 0.717) is 10.7 Å². The van der Waals surface area contributed by atoms with Gasteiger partial charge in [-0.1, -0.05) is 35.3 Å². The minimum absolute atomic E-state index is 0.0214. The van der Waals surface area contributed by atoms with Gasteiger partial charge in [0, 0.05) is 7.05 Å². The molecule has 1 heterocycles. The molecule has 0 aliphatic carbocycles. The van der Waals surface area contributed by atoms with E-state index >= 15 is 0 Å². The number of hydrogen-bond donors (Lipinski definition) is 4. The molecule has 0 saturated carbocycles. The van der Waals surface area contributed by atoms with E-state index in [1.807, 2.05) is 0 Å². The molecule has 10 nitrogen and oxygen atoms in total. The van der Waals surface area contributed by atoms with Gasteiger partial charge in [-0.25, -0.2) is 4.21 Å². The number of aromatic hydroxyl groups is 1. The maximum atomic E-state index is 12.5. The number of aliphatic carboxylic acids is 1. The number of carbonyl (C=O) groups is 2. The minimum atomic E-state index is -1.92. The lowest BCUT2D eigenvalue weighted by Gasteiger charge is -2.17. The van der Waals surface area contributed by atoms with Crippen LogP contribution >= 0.6 is 23.2 Å². The molecule has 162 valence electrons. The molecule has 2 aromatic rings. The second-order valence-corrected chi connectivity index (χ2v) is 7.83. The maximum absolute atomic E-state index is 12.5. The van der Waals surface area contributed by atoms with Crippen LogP contribution in [0.3, 0.4) is 0 Å². The van der Waals surface area contributed by atoms with Crippen LogP contribution in [0.4, 0.5) is 11.4 Å². The highest BCUT2D eigenvalue weighted by atomic mass is 35.5. The van der Waals surface area contributed by atoms with Crippen molar-refractivity contribution in [2.24, 2.45) is 8.80 Å². The molecule has 1 aliphatic heterocycles. The highest BCUT2D eigenvalue weighted by Gasteiger charge is 2.24. The maximum Gasteiger partial charge on any atom is 0.323 e. The Hall–Kier alpha value is -3.15. The first-order chi connectivity index (χ1) is 14.7. The first-order valence-electron chi connectivity index (χ1n) is 8.54. The van der Waals surface area contributed by atoms with Crippen molar-refractivity contribution in [2.45, 2.75) is 0 Å². The van der Waals surface area contributed by atoms with E-state index < -0.39 is 35.3 Å². The van der Waals surface area contributed by atoms with Gasteiger partial charge in [-0.05, 0) is 24.3 Å². The molecule has 0 bridgehead atoms. The fourth-order valence-corrected chi connectivity index (χ4v) is 3.55. The number of nitrogens with zero attached hydrogens (tertiary/aromatic N) is 3. The fourth-order valence-electron chi connectivity index (χ4n) is 2.58. The van der Waals surface area contributed by atoms with Gasteiger partial charge in [0.1, 0.15) is 6.54 Å². The van der Waals surface area contributed by atoms with E-state index in [1.165, 1.54) is 25.2 Å². The number of carboxylic acids is 1. The first-order valence-corrected chi connectivity index (χ1v) is 10.4. The van der Waals surface area contributed by atoms with Crippen molar-refractivity contribution in [3.05, 3.63) is 52.0 Å². The van der Waals surface area contributed by atoms with Crippen LogP contribution in [-0.4, -0.2) is 56.5 Å². The predicted octanol–water partition coefficient (Wildman–Crippen LogP) is 2.77. The number of likely N-dealkylation sites (N-methyl/N-ethyl adjacent to an activating group) is 1. The molecule has 1 amide bonds. The molecule has 1 unspecified atom stereocenters. The van der Waals surface area contributed by atoms with Gasteiger partial charge in [-0.3, -0.25) is 9.59 Å². The number of amidine groups is 2. The third kappa shape index (κ3) is 5.13. The Morgan fingerprint density at radius 2 is 1.65 bits per heavy atom. The number of phenolic OH excluding ortho intramolecular Hbond substituents is 1. The van der Waals surface area contributed by atoms with Gasteiger partial charge in [0.05, 0.1) is 27.0 Å². The summed E-state index contributed by atoms with van der Waals surface area (Å²) in [7, 11) is 1.30. The molecular formula is C18H15Cl2N5O5S. The molecule has 1 aliphatic rings. The third-order valence-electron chi connectivity index (χ3n) is 4.01. The molecule has 0 aromatic heterocycles. The normalized spacial score (nSPS) is 15.1. The van der Waals surface area contributed by atoms with Gasteiger partial charge in [0.25, 0.3) is 17.1 Å². The summed E-state index contributed by atoms with van der Waals surface area (Å²) in [6.07, 6.45) is 0. The van der Waals surface area contributed by atoms with Gasteiger partial charge in [0.2, 0.25) is 0 Å². The molecule has 31 heavy (non-hydrogen) atoms. The highest BCUT2D eigenvalue weighted by Crippen LogP contribution is 2.31. The number of hydrogen-bond acceptors (Lipinski definition) is 6. The second kappa shape index (κ2) is 9.33. The molecule has 0 spiro atoms. The Morgan fingerprint density at radius 1 is 1.06 bits per heavy atom. The fraction of sp³-hybridized carbons (Fsp3) is 0.111. The van der Waals surface area contributed by atoms with Crippen LogP contribution in [0.2, 0.25) is 10.0 Å². The Labute approximate surface area is 188 Å². The standard InChI is InChI=1S/C18H15Cl2N5O5S/c1-25(8-13(26)27)18(29)9-4-2-7-12(15(9)28)22-17-16(23-31(30)24-17)21-11-6-3-5-10(19)14(11)20/h2-7,28H,8H2,1H3,(H,21,23)(H,22,24)(H,26,27). The van der Waals surface area contributed by atoms with Crippen LogP contribution in [0.1, 0.15) is 10.4 Å². The first kappa shape index (κ1) is 22.5. The molecule has 13 heteroatoms. The Bertz CT molecular complexity index is 1150. The summed E-state index contributed by atoms with van der Waals surface area (Å²) in [5, 5.41) is 25.6. The second-order valence-electron chi connectivity index (χ2n) is 6.22. The monoisotopic (exact) mass is 483 g/mol. The van der Waals surface area contributed by atoms with Crippen molar-refractivity contribution in [2.75, 3.05) is 24.2 Å². The lowest BCUT2D eigenvalue weighted by atomic mass is 10.1. The van der Waals surface area contributed by atoms with E-state index in [4.69, 9.17) is 28.3 Å². The number of amides is 1. The number of halogens is 2. The summed E-state index contributed by atoms with van der Waals surface area (Å²) in [4.78, 5) is 24.2. The summed E-state index contributed by atoms with van der Waals surface area (Å²) >= 11 is 10.2. The van der Waals surface area contributed by atoms with Gasteiger partial charge in [-0.2, -0.15) is 0 Å². The zero-order valence-corrected chi connectivity index (χ0v) is 18.1. The lowest BCUT2D eigenvalue weighted by molar-refractivity contribution is -0.137. The van der Waals surface area contributed by atoms with Crippen LogP contribution in [0.5, 0.6) is 5.75 Å². The summed E-state index contributed by atoms with van der Waals surface area (Å²) in [5.41, 5.74) is 0.335. The molecule has 2 aromatic carbocycles. The van der Waals surface area contributed by atoms with Crippen LogP contribution in [0.15, 0.2) is 45.2 Å². The zero-order chi connectivity index (χ0) is 22.7. The van der Waals surface area contributed by atoms with Crippen LogP contribution < -0.4 is 10.6 Å². The largest absolute Gasteiger partial charge is 0.505 e. The molecule has 0 saturated heterocycles.